The van der Waals surface area contributed by atoms with Crippen LogP contribution in [0, 0.1) is 0 Å². The van der Waals surface area contributed by atoms with Crippen LogP contribution >= 0.6 is 11.8 Å². The molecule has 2 aromatic carbocycles. The highest BCUT2D eigenvalue weighted by molar-refractivity contribution is 8.03. The number of para-hydroxylation sites is 1. The van der Waals surface area contributed by atoms with E-state index in [9.17, 15) is 9.90 Å². The van der Waals surface area contributed by atoms with Gasteiger partial charge in [-0.15, -0.1) is 11.8 Å². The lowest BCUT2D eigenvalue weighted by molar-refractivity contribution is 0.0697. The normalized spacial score (nSPS) is 17.8. The molecule has 0 saturated heterocycles. The molecule has 1 aliphatic rings. The maximum absolute atomic E-state index is 11.3. The summed E-state index contributed by atoms with van der Waals surface area (Å²) in [6.07, 6.45) is 3.36. The SMILES string of the molecule is CC1=CCC(Cn2c3ccccc3c3ccc(C(=O)O)cc32)S1. The topological polar surface area (TPSA) is 42.2 Å². The van der Waals surface area contributed by atoms with E-state index in [4.69, 9.17) is 0 Å². The zero-order chi connectivity index (χ0) is 16.0. The Bertz CT molecular complexity index is 955. The van der Waals surface area contributed by atoms with Crippen molar-refractivity contribution in [1.29, 1.82) is 0 Å². The number of hydrogen-bond donors (Lipinski definition) is 1. The van der Waals surface area contributed by atoms with Crippen LogP contribution in [-0.4, -0.2) is 20.9 Å². The van der Waals surface area contributed by atoms with E-state index in [-0.39, 0.29) is 0 Å². The van der Waals surface area contributed by atoms with Crippen molar-refractivity contribution in [2.24, 2.45) is 0 Å². The van der Waals surface area contributed by atoms with Gasteiger partial charge in [-0.3, -0.25) is 0 Å². The summed E-state index contributed by atoms with van der Waals surface area (Å²) in [6.45, 7) is 3.05. The minimum Gasteiger partial charge on any atom is -0.478 e. The van der Waals surface area contributed by atoms with Crippen molar-refractivity contribution >= 4 is 39.5 Å². The van der Waals surface area contributed by atoms with Gasteiger partial charge in [0.15, 0.2) is 0 Å². The van der Waals surface area contributed by atoms with E-state index in [0.717, 1.165) is 23.9 Å². The number of carbonyl (C=O) groups is 1. The van der Waals surface area contributed by atoms with Crippen molar-refractivity contribution in [2.45, 2.75) is 25.1 Å². The second-order valence-corrected chi connectivity index (χ2v) is 7.50. The fourth-order valence-corrected chi connectivity index (χ4v) is 4.49. The summed E-state index contributed by atoms with van der Waals surface area (Å²) in [5.41, 5.74) is 2.53. The largest absolute Gasteiger partial charge is 0.478 e. The molecule has 4 rings (SSSR count). The van der Waals surface area contributed by atoms with Crippen molar-refractivity contribution in [3.63, 3.8) is 0 Å². The van der Waals surface area contributed by atoms with E-state index >= 15 is 0 Å². The van der Waals surface area contributed by atoms with E-state index in [1.165, 1.54) is 15.8 Å². The Morgan fingerprint density at radius 1 is 1.22 bits per heavy atom. The highest BCUT2D eigenvalue weighted by Gasteiger charge is 2.19. The molecule has 23 heavy (non-hydrogen) atoms. The van der Waals surface area contributed by atoms with Gasteiger partial charge in [-0.25, -0.2) is 4.79 Å². The molecule has 0 aliphatic carbocycles. The number of hydrogen-bond acceptors (Lipinski definition) is 2. The molecule has 0 spiro atoms. The third-order valence-electron chi connectivity index (χ3n) is 4.43. The van der Waals surface area contributed by atoms with Crippen LogP contribution in [0.3, 0.4) is 0 Å². The summed E-state index contributed by atoms with van der Waals surface area (Å²) in [5.74, 6) is -0.878. The minimum absolute atomic E-state index is 0.343. The second-order valence-electron chi connectivity index (χ2n) is 5.96. The van der Waals surface area contributed by atoms with Gasteiger partial charge < -0.3 is 9.67 Å². The zero-order valence-electron chi connectivity index (χ0n) is 12.8. The van der Waals surface area contributed by atoms with Crippen LogP contribution in [0.2, 0.25) is 0 Å². The Balaban J connectivity index is 1.90. The lowest BCUT2D eigenvalue weighted by atomic mass is 10.1. The van der Waals surface area contributed by atoms with E-state index in [0.29, 0.717) is 10.8 Å². The molecule has 2 heterocycles. The smallest absolute Gasteiger partial charge is 0.335 e. The number of thioether (sulfide) groups is 1. The lowest BCUT2D eigenvalue weighted by Gasteiger charge is -2.13. The number of allylic oxidation sites excluding steroid dienone is 2. The molecule has 1 unspecified atom stereocenters. The van der Waals surface area contributed by atoms with Crippen LogP contribution < -0.4 is 0 Å². The van der Waals surface area contributed by atoms with Crippen LogP contribution in [0.4, 0.5) is 0 Å². The number of carboxylic acid groups (broad SMARTS) is 1. The number of aromatic carboxylic acids is 1. The maximum Gasteiger partial charge on any atom is 0.335 e. The molecule has 1 atom stereocenters. The number of nitrogens with zero attached hydrogens (tertiary/aromatic N) is 1. The van der Waals surface area contributed by atoms with Crippen molar-refractivity contribution in [1.82, 2.24) is 4.57 Å². The minimum atomic E-state index is -0.878. The summed E-state index contributed by atoms with van der Waals surface area (Å²) in [4.78, 5) is 12.7. The molecule has 3 aromatic rings. The predicted octanol–water partition coefficient (Wildman–Crippen LogP) is 4.90. The van der Waals surface area contributed by atoms with Crippen LogP contribution in [0.25, 0.3) is 21.8 Å². The fraction of sp³-hybridized carbons (Fsp3) is 0.211. The average Bonchev–Trinajstić information content (AvgIpc) is 3.10. The Kier molecular flexibility index (Phi) is 3.42. The van der Waals surface area contributed by atoms with Crippen molar-refractivity contribution in [3.05, 3.63) is 59.0 Å². The van der Waals surface area contributed by atoms with Gasteiger partial charge in [0.2, 0.25) is 0 Å². The van der Waals surface area contributed by atoms with Crippen LogP contribution in [0.5, 0.6) is 0 Å². The first-order valence-electron chi connectivity index (χ1n) is 7.71. The molecule has 1 aliphatic heterocycles. The van der Waals surface area contributed by atoms with E-state index in [1.54, 1.807) is 12.1 Å². The van der Waals surface area contributed by atoms with Gasteiger partial charge in [-0.2, -0.15) is 0 Å². The molecule has 0 radical (unpaired) electrons. The van der Waals surface area contributed by atoms with Crippen molar-refractivity contribution < 1.29 is 9.90 Å². The molecule has 1 N–H and O–H groups in total. The average molecular weight is 323 g/mol. The standard InChI is InChI=1S/C19H17NO2S/c1-12-6-8-14(23-12)11-20-17-5-3-2-4-15(17)16-9-7-13(19(21)22)10-18(16)20/h2-7,9-10,14H,8,11H2,1H3,(H,21,22). The highest BCUT2D eigenvalue weighted by atomic mass is 32.2. The van der Waals surface area contributed by atoms with Gasteiger partial charge in [0, 0.05) is 33.6 Å². The van der Waals surface area contributed by atoms with Gasteiger partial charge in [-0.05, 0) is 36.4 Å². The number of aromatic nitrogens is 1. The summed E-state index contributed by atoms with van der Waals surface area (Å²) in [7, 11) is 0. The summed E-state index contributed by atoms with van der Waals surface area (Å²) < 4.78 is 2.28. The number of fused-ring (bicyclic) bond motifs is 3. The monoisotopic (exact) mass is 323 g/mol. The number of benzene rings is 2. The molecule has 0 saturated carbocycles. The quantitative estimate of drug-likeness (QED) is 0.745. The summed E-state index contributed by atoms with van der Waals surface area (Å²) in [6, 6.07) is 13.7. The highest BCUT2D eigenvalue weighted by Crippen LogP contribution is 2.36. The predicted molar refractivity (Wildman–Crippen MR) is 96.2 cm³/mol. The fourth-order valence-electron chi connectivity index (χ4n) is 3.35. The molecular formula is C19H17NO2S. The van der Waals surface area contributed by atoms with Gasteiger partial charge in [0.1, 0.15) is 0 Å². The Morgan fingerprint density at radius 2 is 2.00 bits per heavy atom. The first-order chi connectivity index (χ1) is 11.1. The third-order valence-corrected chi connectivity index (χ3v) is 5.64. The maximum atomic E-state index is 11.3. The zero-order valence-corrected chi connectivity index (χ0v) is 13.6. The Morgan fingerprint density at radius 3 is 2.74 bits per heavy atom. The van der Waals surface area contributed by atoms with Gasteiger partial charge in [0.05, 0.1) is 5.56 Å². The molecular weight excluding hydrogens is 306 g/mol. The molecule has 116 valence electrons. The molecule has 3 nitrogen and oxygen atoms in total. The van der Waals surface area contributed by atoms with Crippen molar-refractivity contribution in [2.75, 3.05) is 0 Å². The van der Waals surface area contributed by atoms with E-state index in [1.807, 2.05) is 30.0 Å². The second kappa shape index (κ2) is 5.46. The van der Waals surface area contributed by atoms with Gasteiger partial charge in [-0.1, -0.05) is 30.3 Å². The van der Waals surface area contributed by atoms with Crippen LogP contribution in [0.15, 0.2) is 53.4 Å². The summed E-state index contributed by atoms with van der Waals surface area (Å²) in [5, 5.41) is 12.1. The number of carboxylic acids is 1. The third kappa shape index (κ3) is 2.43. The Labute approximate surface area is 138 Å². The van der Waals surface area contributed by atoms with Crippen LogP contribution in [0.1, 0.15) is 23.7 Å². The van der Waals surface area contributed by atoms with E-state index in [2.05, 4.69) is 29.7 Å². The molecule has 0 amide bonds. The Hall–Kier alpha value is -2.20. The first-order valence-corrected chi connectivity index (χ1v) is 8.59. The molecule has 4 heteroatoms. The van der Waals surface area contributed by atoms with Gasteiger partial charge >= 0.3 is 5.97 Å². The van der Waals surface area contributed by atoms with Crippen molar-refractivity contribution in [3.8, 4) is 0 Å². The first kappa shape index (κ1) is 14.4. The summed E-state index contributed by atoms with van der Waals surface area (Å²) >= 11 is 1.92. The molecule has 0 fully saturated rings. The number of rotatable bonds is 3. The lowest BCUT2D eigenvalue weighted by Crippen LogP contribution is -2.10. The van der Waals surface area contributed by atoms with Gasteiger partial charge in [0.25, 0.3) is 0 Å². The van der Waals surface area contributed by atoms with E-state index < -0.39 is 5.97 Å². The molecule has 1 aromatic heterocycles. The van der Waals surface area contributed by atoms with Crippen LogP contribution in [-0.2, 0) is 6.54 Å². The molecule has 0 bridgehead atoms.